The van der Waals surface area contributed by atoms with E-state index in [0.29, 0.717) is 0 Å². The summed E-state index contributed by atoms with van der Waals surface area (Å²) in [6, 6.07) is 12.5. The van der Waals surface area contributed by atoms with Gasteiger partial charge in [0, 0.05) is 11.4 Å². The molecule has 3 rings (SSSR count). The minimum Gasteiger partial charge on any atom is -0.323 e. The Hall–Kier alpha value is -1.71. The fraction of sp³-hybridized carbons (Fsp3) is 0.235. The normalized spacial score (nSPS) is 12.7. The van der Waals surface area contributed by atoms with Gasteiger partial charge in [0.1, 0.15) is 0 Å². The monoisotopic (exact) mass is 282 g/mol. The Balaban J connectivity index is 1.82. The van der Waals surface area contributed by atoms with Crippen LogP contribution in [0.3, 0.4) is 0 Å². The van der Waals surface area contributed by atoms with E-state index in [9.17, 15) is 0 Å². The Labute approximate surface area is 123 Å². The number of fused-ring (bicyclic) bond motifs is 1. The van der Waals surface area contributed by atoms with Crippen molar-refractivity contribution in [3.8, 4) is 0 Å². The second-order valence-corrected chi connectivity index (χ2v) is 5.94. The van der Waals surface area contributed by atoms with Crippen LogP contribution in [0, 0.1) is 6.92 Å². The molecule has 0 bridgehead atoms. The minimum absolute atomic E-state index is 0.00166. The molecule has 3 aromatic rings. The maximum Gasteiger partial charge on any atom is 0.0708 e. The molecule has 3 heteroatoms. The number of para-hydroxylation sites is 1. The Morgan fingerprint density at radius 1 is 1.25 bits per heavy atom. The number of benzene rings is 1. The summed E-state index contributed by atoms with van der Waals surface area (Å²) in [7, 11) is 0. The van der Waals surface area contributed by atoms with Crippen LogP contribution in [0.2, 0.25) is 0 Å². The number of hydrogen-bond donors (Lipinski definition) is 1. The molecule has 2 nitrogen and oxygen atoms in total. The molecule has 102 valence electrons. The van der Waals surface area contributed by atoms with Crippen molar-refractivity contribution in [1.29, 1.82) is 0 Å². The Bertz CT molecular complexity index is 704. The highest BCUT2D eigenvalue weighted by Gasteiger charge is 2.10. The number of aryl methyl sites for hydroxylation is 2. The average Bonchev–Trinajstić information content (AvgIpc) is 2.98. The SMILES string of the molecule is Cc1cc(C(N)CCc2ccsc2)nc2ccccc12. The van der Waals surface area contributed by atoms with Crippen LogP contribution < -0.4 is 5.73 Å². The lowest BCUT2D eigenvalue weighted by Crippen LogP contribution is -2.13. The van der Waals surface area contributed by atoms with Crippen LogP contribution >= 0.6 is 11.3 Å². The number of rotatable bonds is 4. The number of aromatic nitrogens is 1. The number of hydrogen-bond acceptors (Lipinski definition) is 3. The van der Waals surface area contributed by atoms with E-state index < -0.39 is 0 Å². The van der Waals surface area contributed by atoms with Crippen molar-refractivity contribution in [3.63, 3.8) is 0 Å². The summed E-state index contributed by atoms with van der Waals surface area (Å²) in [5, 5.41) is 5.51. The molecule has 20 heavy (non-hydrogen) atoms. The van der Waals surface area contributed by atoms with Gasteiger partial charge in [0.2, 0.25) is 0 Å². The standard InChI is InChI=1S/C17H18N2S/c1-12-10-17(19-16-5-3-2-4-14(12)16)15(18)7-6-13-8-9-20-11-13/h2-5,8-11,15H,6-7,18H2,1H3. The van der Waals surface area contributed by atoms with Gasteiger partial charge in [0.05, 0.1) is 11.2 Å². The molecule has 0 saturated carbocycles. The summed E-state index contributed by atoms with van der Waals surface area (Å²) in [4.78, 5) is 4.71. The quantitative estimate of drug-likeness (QED) is 0.777. The summed E-state index contributed by atoms with van der Waals surface area (Å²) in [6.07, 6.45) is 1.94. The maximum atomic E-state index is 6.31. The van der Waals surface area contributed by atoms with Gasteiger partial charge in [-0.25, -0.2) is 0 Å². The van der Waals surface area contributed by atoms with Crippen LogP contribution in [-0.2, 0) is 6.42 Å². The van der Waals surface area contributed by atoms with E-state index in [1.54, 1.807) is 11.3 Å². The Morgan fingerprint density at radius 2 is 2.10 bits per heavy atom. The second kappa shape index (κ2) is 5.73. The van der Waals surface area contributed by atoms with Crippen molar-refractivity contribution in [1.82, 2.24) is 4.98 Å². The van der Waals surface area contributed by atoms with Gasteiger partial charge in [-0.3, -0.25) is 4.98 Å². The van der Waals surface area contributed by atoms with E-state index in [2.05, 4.69) is 41.9 Å². The molecule has 2 N–H and O–H groups in total. The molecular weight excluding hydrogens is 264 g/mol. The number of nitrogens with zero attached hydrogens (tertiary/aromatic N) is 1. The molecule has 0 radical (unpaired) electrons. The number of nitrogens with two attached hydrogens (primary N) is 1. The van der Waals surface area contributed by atoms with Gasteiger partial charge in [0.15, 0.2) is 0 Å². The zero-order chi connectivity index (χ0) is 13.9. The third-order valence-corrected chi connectivity index (χ3v) is 4.38. The molecule has 0 aliphatic carbocycles. The zero-order valence-corrected chi connectivity index (χ0v) is 12.4. The summed E-state index contributed by atoms with van der Waals surface area (Å²) < 4.78 is 0. The summed E-state index contributed by atoms with van der Waals surface area (Å²) in [5.74, 6) is 0. The second-order valence-electron chi connectivity index (χ2n) is 5.16. The lowest BCUT2D eigenvalue weighted by molar-refractivity contribution is 0.636. The molecule has 0 saturated heterocycles. The highest BCUT2D eigenvalue weighted by molar-refractivity contribution is 7.07. The zero-order valence-electron chi connectivity index (χ0n) is 11.5. The molecule has 0 fully saturated rings. The van der Waals surface area contributed by atoms with E-state index in [4.69, 9.17) is 10.7 Å². The van der Waals surface area contributed by atoms with E-state index in [1.165, 1.54) is 16.5 Å². The van der Waals surface area contributed by atoms with Crippen molar-refractivity contribution < 1.29 is 0 Å². The van der Waals surface area contributed by atoms with Crippen molar-refractivity contribution >= 4 is 22.2 Å². The van der Waals surface area contributed by atoms with Crippen molar-refractivity contribution in [2.45, 2.75) is 25.8 Å². The highest BCUT2D eigenvalue weighted by atomic mass is 32.1. The van der Waals surface area contributed by atoms with Crippen LogP contribution in [0.4, 0.5) is 0 Å². The first-order valence-electron chi connectivity index (χ1n) is 6.87. The third-order valence-electron chi connectivity index (χ3n) is 3.65. The smallest absolute Gasteiger partial charge is 0.0708 e. The van der Waals surface area contributed by atoms with Crippen LogP contribution in [-0.4, -0.2) is 4.98 Å². The highest BCUT2D eigenvalue weighted by Crippen LogP contribution is 2.22. The van der Waals surface area contributed by atoms with E-state index >= 15 is 0 Å². The molecule has 2 heterocycles. The van der Waals surface area contributed by atoms with Gasteiger partial charge in [-0.15, -0.1) is 0 Å². The number of pyridine rings is 1. The first-order chi connectivity index (χ1) is 9.74. The predicted molar refractivity (Wildman–Crippen MR) is 86.0 cm³/mol. The average molecular weight is 282 g/mol. The van der Waals surface area contributed by atoms with E-state index in [-0.39, 0.29) is 6.04 Å². The molecule has 0 spiro atoms. The largest absolute Gasteiger partial charge is 0.323 e. The fourth-order valence-corrected chi connectivity index (χ4v) is 3.17. The molecule has 1 unspecified atom stereocenters. The molecule has 0 aliphatic heterocycles. The molecule has 2 aromatic heterocycles. The maximum absolute atomic E-state index is 6.31. The van der Waals surface area contributed by atoms with Gasteiger partial charge < -0.3 is 5.73 Å². The lowest BCUT2D eigenvalue weighted by atomic mass is 10.0. The Morgan fingerprint density at radius 3 is 2.90 bits per heavy atom. The molecule has 0 aliphatic rings. The topological polar surface area (TPSA) is 38.9 Å². The Kier molecular flexibility index (Phi) is 3.81. The molecule has 1 aromatic carbocycles. The van der Waals surface area contributed by atoms with Crippen LogP contribution in [0.5, 0.6) is 0 Å². The van der Waals surface area contributed by atoms with Gasteiger partial charge in [-0.05, 0) is 59.9 Å². The lowest BCUT2D eigenvalue weighted by Gasteiger charge is -2.13. The van der Waals surface area contributed by atoms with Gasteiger partial charge in [-0.2, -0.15) is 11.3 Å². The van der Waals surface area contributed by atoms with Gasteiger partial charge in [0.25, 0.3) is 0 Å². The summed E-state index contributed by atoms with van der Waals surface area (Å²) in [5.41, 5.74) is 11.0. The molecule has 0 amide bonds. The van der Waals surface area contributed by atoms with Crippen LogP contribution in [0.25, 0.3) is 10.9 Å². The third kappa shape index (κ3) is 2.74. The van der Waals surface area contributed by atoms with Crippen molar-refractivity contribution in [3.05, 3.63) is 64.0 Å². The summed E-state index contributed by atoms with van der Waals surface area (Å²) >= 11 is 1.73. The first-order valence-corrected chi connectivity index (χ1v) is 7.81. The summed E-state index contributed by atoms with van der Waals surface area (Å²) in [6.45, 7) is 2.12. The van der Waals surface area contributed by atoms with Crippen LogP contribution in [0.1, 0.15) is 29.3 Å². The van der Waals surface area contributed by atoms with Gasteiger partial charge >= 0.3 is 0 Å². The predicted octanol–water partition coefficient (Wildman–Crippen LogP) is 4.24. The van der Waals surface area contributed by atoms with Crippen LogP contribution in [0.15, 0.2) is 47.2 Å². The minimum atomic E-state index is -0.00166. The van der Waals surface area contributed by atoms with Crippen molar-refractivity contribution in [2.75, 3.05) is 0 Å². The van der Waals surface area contributed by atoms with E-state index in [1.807, 2.05) is 12.1 Å². The molecular formula is C17H18N2S. The van der Waals surface area contributed by atoms with Crippen molar-refractivity contribution in [2.24, 2.45) is 5.73 Å². The molecule has 1 atom stereocenters. The fourth-order valence-electron chi connectivity index (χ4n) is 2.47. The van der Waals surface area contributed by atoms with Gasteiger partial charge in [-0.1, -0.05) is 18.2 Å². The first kappa shape index (κ1) is 13.3. The number of thiophene rings is 1. The van der Waals surface area contributed by atoms with E-state index in [0.717, 1.165) is 24.1 Å².